The van der Waals surface area contributed by atoms with Crippen LogP contribution in [-0.2, 0) is 4.79 Å². The van der Waals surface area contributed by atoms with Gasteiger partial charge >= 0.3 is 0 Å². The van der Waals surface area contributed by atoms with Crippen molar-refractivity contribution in [3.8, 4) is 0 Å². The van der Waals surface area contributed by atoms with Crippen molar-refractivity contribution in [2.75, 3.05) is 38.0 Å². The highest BCUT2D eigenvalue weighted by atomic mass is 79.9. The minimum absolute atomic E-state index is 0.0272. The first-order valence-electron chi connectivity index (χ1n) is 8.69. The predicted octanol–water partition coefficient (Wildman–Crippen LogP) is 2.77. The highest BCUT2D eigenvalue weighted by molar-refractivity contribution is 9.10. The summed E-state index contributed by atoms with van der Waals surface area (Å²) in [6.07, 6.45) is 3.97. The van der Waals surface area contributed by atoms with E-state index in [9.17, 15) is 14.0 Å². The van der Waals surface area contributed by atoms with Crippen LogP contribution in [0.15, 0.2) is 47.2 Å². The molecule has 6 nitrogen and oxygen atoms in total. The van der Waals surface area contributed by atoms with E-state index >= 15 is 0 Å². The Labute approximate surface area is 165 Å². The summed E-state index contributed by atoms with van der Waals surface area (Å²) in [5, 5.41) is 2.60. The number of benzene rings is 1. The van der Waals surface area contributed by atoms with Crippen molar-refractivity contribution in [1.82, 2.24) is 14.8 Å². The standard InChI is InChI=1S/C19H20BrFN4O2/c20-15-2-3-17(16(21)12-15)23-18(26)13-24-8-1-9-25(11-10-24)19(27)14-4-6-22-7-5-14/h2-7,12H,1,8-11,13H2,(H,23,26). The molecule has 0 aliphatic carbocycles. The summed E-state index contributed by atoms with van der Waals surface area (Å²) in [5.74, 6) is -0.784. The normalized spacial score (nSPS) is 15.3. The fourth-order valence-electron chi connectivity index (χ4n) is 2.99. The third kappa shape index (κ3) is 5.33. The summed E-state index contributed by atoms with van der Waals surface area (Å²) in [6, 6.07) is 7.91. The molecule has 1 saturated heterocycles. The first-order chi connectivity index (χ1) is 13.0. The van der Waals surface area contributed by atoms with Crippen molar-refractivity contribution in [3.05, 3.63) is 58.6 Å². The van der Waals surface area contributed by atoms with Crippen molar-refractivity contribution >= 4 is 33.4 Å². The van der Waals surface area contributed by atoms with Gasteiger partial charge in [-0.3, -0.25) is 19.5 Å². The quantitative estimate of drug-likeness (QED) is 0.803. The van der Waals surface area contributed by atoms with Crippen LogP contribution < -0.4 is 5.32 Å². The fraction of sp³-hybridized carbons (Fsp3) is 0.316. The molecule has 0 radical (unpaired) electrons. The fourth-order valence-corrected chi connectivity index (χ4v) is 3.33. The van der Waals surface area contributed by atoms with Crippen LogP contribution in [0.1, 0.15) is 16.8 Å². The van der Waals surface area contributed by atoms with Gasteiger partial charge in [-0.05, 0) is 36.8 Å². The van der Waals surface area contributed by atoms with Crippen LogP contribution in [0.4, 0.5) is 10.1 Å². The van der Waals surface area contributed by atoms with E-state index in [1.807, 2.05) is 4.90 Å². The van der Waals surface area contributed by atoms with Gasteiger partial charge in [-0.2, -0.15) is 0 Å². The molecule has 1 N–H and O–H groups in total. The van der Waals surface area contributed by atoms with Gasteiger partial charge in [0.05, 0.1) is 12.2 Å². The summed E-state index contributed by atoms with van der Waals surface area (Å²) < 4.78 is 14.5. The molecule has 0 atom stereocenters. The van der Waals surface area contributed by atoms with Gasteiger partial charge in [-0.1, -0.05) is 15.9 Å². The van der Waals surface area contributed by atoms with Gasteiger partial charge in [-0.15, -0.1) is 0 Å². The largest absolute Gasteiger partial charge is 0.337 e. The van der Waals surface area contributed by atoms with E-state index in [2.05, 4.69) is 26.2 Å². The molecule has 1 aromatic heterocycles. The Hall–Kier alpha value is -2.32. The summed E-state index contributed by atoms with van der Waals surface area (Å²) in [4.78, 5) is 32.5. The van der Waals surface area contributed by atoms with E-state index in [1.54, 1.807) is 35.5 Å². The summed E-state index contributed by atoms with van der Waals surface area (Å²) >= 11 is 3.19. The summed E-state index contributed by atoms with van der Waals surface area (Å²) in [7, 11) is 0. The predicted molar refractivity (Wildman–Crippen MR) is 104 cm³/mol. The van der Waals surface area contributed by atoms with Crippen molar-refractivity contribution < 1.29 is 14.0 Å². The lowest BCUT2D eigenvalue weighted by Crippen LogP contribution is -2.38. The number of rotatable bonds is 4. The lowest BCUT2D eigenvalue weighted by atomic mass is 10.2. The molecule has 1 fully saturated rings. The molecule has 27 heavy (non-hydrogen) atoms. The lowest BCUT2D eigenvalue weighted by Gasteiger charge is -2.21. The second-order valence-corrected chi connectivity index (χ2v) is 7.25. The van der Waals surface area contributed by atoms with Gasteiger partial charge in [0.1, 0.15) is 5.82 Å². The number of aromatic nitrogens is 1. The van der Waals surface area contributed by atoms with Gasteiger partial charge in [0.15, 0.2) is 0 Å². The smallest absolute Gasteiger partial charge is 0.254 e. The molecule has 1 aliphatic rings. The Bertz CT molecular complexity index is 819. The van der Waals surface area contributed by atoms with Gasteiger partial charge < -0.3 is 10.2 Å². The van der Waals surface area contributed by atoms with Crippen LogP contribution in [0.5, 0.6) is 0 Å². The van der Waals surface area contributed by atoms with Crippen LogP contribution in [0.25, 0.3) is 0 Å². The monoisotopic (exact) mass is 434 g/mol. The number of carbonyl (C=O) groups excluding carboxylic acids is 2. The van der Waals surface area contributed by atoms with Gasteiger partial charge in [0, 0.05) is 48.6 Å². The number of carbonyl (C=O) groups is 2. The summed E-state index contributed by atoms with van der Waals surface area (Å²) in [5.41, 5.74) is 0.773. The number of halogens is 2. The van der Waals surface area contributed by atoms with Crippen molar-refractivity contribution in [1.29, 1.82) is 0 Å². The Morgan fingerprint density at radius 2 is 1.89 bits per heavy atom. The Morgan fingerprint density at radius 1 is 1.11 bits per heavy atom. The number of anilines is 1. The minimum Gasteiger partial charge on any atom is -0.337 e. The van der Waals surface area contributed by atoms with E-state index in [1.165, 1.54) is 12.1 Å². The van der Waals surface area contributed by atoms with E-state index in [0.29, 0.717) is 36.2 Å². The zero-order chi connectivity index (χ0) is 19.2. The molecule has 2 aromatic rings. The first-order valence-corrected chi connectivity index (χ1v) is 9.49. The molecule has 8 heteroatoms. The van der Waals surface area contributed by atoms with Crippen molar-refractivity contribution in [2.45, 2.75) is 6.42 Å². The zero-order valence-electron chi connectivity index (χ0n) is 14.7. The van der Waals surface area contributed by atoms with Crippen LogP contribution in [0, 0.1) is 5.82 Å². The second-order valence-electron chi connectivity index (χ2n) is 6.33. The molecule has 142 valence electrons. The van der Waals surface area contributed by atoms with Gasteiger partial charge in [-0.25, -0.2) is 4.39 Å². The number of nitrogens with zero attached hydrogens (tertiary/aromatic N) is 3. The molecule has 2 amide bonds. The van der Waals surface area contributed by atoms with Gasteiger partial charge in [0.25, 0.3) is 5.91 Å². The second kappa shape index (κ2) is 9.05. The van der Waals surface area contributed by atoms with E-state index in [0.717, 1.165) is 6.42 Å². The minimum atomic E-state index is -0.484. The van der Waals surface area contributed by atoms with Crippen LogP contribution in [0.3, 0.4) is 0 Å². The first kappa shape index (κ1) is 19.4. The molecule has 2 heterocycles. The molecule has 3 rings (SSSR count). The van der Waals surface area contributed by atoms with E-state index in [4.69, 9.17) is 0 Å². The van der Waals surface area contributed by atoms with Crippen LogP contribution in [-0.4, -0.2) is 59.3 Å². The molecule has 1 aliphatic heterocycles. The molecule has 0 bridgehead atoms. The molecule has 0 saturated carbocycles. The van der Waals surface area contributed by atoms with Crippen molar-refractivity contribution in [2.24, 2.45) is 0 Å². The maximum atomic E-state index is 13.8. The molecule has 0 spiro atoms. The number of pyridine rings is 1. The van der Waals surface area contributed by atoms with Gasteiger partial charge in [0.2, 0.25) is 5.91 Å². The third-order valence-corrected chi connectivity index (χ3v) is 4.87. The molecular formula is C19H20BrFN4O2. The van der Waals surface area contributed by atoms with E-state index < -0.39 is 5.82 Å². The topological polar surface area (TPSA) is 65.5 Å². The number of amides is 2. The SMILES string of the molecule is O=C(CN1CCCN(C(=O)c2ccncc2)CC1)Nc1ccc(Br)cc1F. The average molecular weight is 435 g/mol. The number of nitrogens with one attached hydrogen (secondary N) is 1. The zero-order valence-corrected chi connectivity index (χ0v) is 16.3. The highest BCUT2D eigenvalue weighted by Gasteiger charge is 2.21. The maximum absolute atomic E-state index is 13.8. The van der Waals surface area contributed by atoms with E-state index in [-0.39, 0.29) is 24.0 Å². The van der Waals surface area contributed by atoms with Crippen molar-refractivity contribution in [3.63, 3.8) is 0 Å². The Kier molecular flexibility index (Phi) is 6.52. The Balaban J connectivity index is 1.53. The summed E-state index contributed by atoms with van der Waals surface area (Å²) in [6.45, 7) is 2.64. The molecule has 0 unspecified atom stereocenters. The highest BCUT2D eigenvalue weighted by Crippen LogP contribution is 2.19. The maximum Gasteiger partial charge on any atom is 0.254 e. The van der Waals surface area contributed by atoms with Crippen LogP contribution >= 0.6 is 15.9 Å². The molecular weight excluding hydrogens is 415 g/mol. The van der Waals surface area contributed by atoms with Crippen LogP contribution in [0.2, 0.25) is 0 Å². The average Bonchev–Trinajstić information content (AvgIpc) is 2.90. The molecule has 1 aromatic carbocycles. The Morgan fingerprint density at radius 3 is 2.63 bits per heavy atom. The third-order valence-electron chi connectivity index (χ3n) is 4.38. The number of hydrogen-bond acceptors (Lipinski definition) is 4. The number of hydrogen-bond donors (Lipinski definition) is 1. The lowest BCUT2D eigenvalue weighted by molar-refractivity contribution is -0.117.